The highest BCUT2D eigenvalue weighted by Gasteiger charge is 2.24. The summed E-state index contributed by atoms with van der Waals surface area (Å²) in [6, 6.07) is 5.09. The number of ether oxygens (including phenoxy) is 1. The highest BCUT2D eigenvalue weighted by Crippen LogP contribution is 2.28. The molecular weight excluding hydrogens is 364 g/mol. The number of likely N-dealkylation sites (tertiary alicyclic amines) is 1. The number of aromatic nitrogens is 2. The fraction of sp³-hybridized carbons (Fsp3) is 0.500. The van der Waals surface area contributed by atoms with Crippen LogP contribution in [0.4, 0.5) is 10.5 Å². The predicted octanol–water partition coefficient (Wildman–Crippen LogP) is 4.61. The molecule has 1 saturated heterocycles. The summed E-state index contributed by atoms with van der Waals surface area (Å²) in [5.41, 5.74) is 0.595. The van der Waals surface area contributed by atoms with E-state index in [1.807, 2.05) is 11.1 Å². The van der Waals surface area contributed by atoms with Gasteiger partial charge in [-0.15, -0.1) is 0 Å². The first-order valence-corrected chi connectivity index (χ1v) is 9.76. The molecule has 1 aromatic heterocycles. The molecule has 0 unspecified atom stereocenters. The number of imidazole rings is 1. The number of hydrogen-bond acceptors (Lipinski definition) is 3. The van der Waals surface area contributed by atoms with Crippen molar-refractivity contribution in [3.63, 3.8) is 0 Å². The first-order chi connectivity index (χ1) is 13.0. The van der Waals surface area contributed by atoms with E-state index < -0.39 is 0 Å². The Hall–Kier alpha value is -2.21. The number of carbonyl (C=O) groups is 1. The molecular formula is C20H27ClN4O2. The molecule has 6 nitrogen and oxygen atoms in total. The topological polar surface area (TPSA) is 59.4 Å². The molecule has 146 valence electrons. The van der Waals surface area contributed by atoms with Gasteiger partial charge in [0.1, 0.15) is 11.6 Å². The molecule has 1 N–H and O–H groups in total. The molecule has 7 heteroatoms. The van der Waals surface area contributed by atoms with Crippen molar-refractivity contribution in [2.24, 2.45) is 5.92 Å². The van der Waals surface area contributed by atoms with E-state index in [1.165, 1.54) is 0 Å². The van der Waals surface area contributed by atoms with E-state index in [4.69, 9.17) is 16.3 Å². The number of piperidine rings is 1. The van der Waals surface area contributed by atoms with E-state index in [0.717, 1.165) is 38.3 Å². The number of rotatable bonds is 5. The summed E-state index contributed by atoms with van der Waals surface area (Å²) < 4.78 is 7.55. The monoisotopic (exact) mass is 390 g/mol. The molecule has 0 radical (unpaired) electrons. The van der Waals surface area contributed by atoms with Gasteiger partial charge in [-0.05, 0) is 37.0 Å². The van der Waals surface area contributed by atoms with Crippen molar-refractivity contribution >= 4 is 23.3 Å². The molecule has 2 heterocycles. The molecule has 0 aliphatic carbocycles. The summed E-state index contributed by atoms with van der Waals surface area (Å²) >= 11 is 6.04. The molecule has 1 fully saturated rings. The third-order valence-corrected chi connectivity index (χ3v) is 5.26. The van der Waals surface area contributed by atoms with Crippen molar-refractivity contribution in [3.05, 3.63) is 41.4 Å². The van der Waals surface area contributed by atoms with E-state index in [-0.39, 0.29) is 6.03 Å². The van der Waals surface area contributed by atoms with Crippen LogP contribution in [0.2, 0.25) is 5.02 Å². The van der Waals surface area contributed by atoms with E-state index in [2.05, 4.69) is 34.9 Å². The van der Waals surface area contributed by atoms with Crippen LogP contribution in [0.5, 0.6) is 5.75 Å². The number of benzene rings is 1. The number of methoxy groups -OCH3 is 1. The van der Waals surface area contributed by atoms with Crippen molar-refractivity contribution in [3.8, 4) is 5.75 Å². The average Bonchev–Trinajstić information content (AvgIpc) is 3.11. The quantitative estimate of drug-likeness (QED) is 0.810. The Labute approximate surface area is 165 Å². The Kier molecular flexibility index (Phi) is 6.26. The Morgan fingerprint density at radius 2 is 2.11 bits per heavy atom. The third kappa shape index (κ3) is 4.75. The van der Waals surface area contributed by atoms with Crippen LogP contribution in [0.25, 0.3) is 0 Å². The van der Waals surface area contributed by atoms with Crippen molar-refractivity contribution in [1.29, 1.82) is 0 Å². The van der Waals surface area contributed by atoms with Gasteiger partial charge in [-0.25, -0.2) is 9.78 Å². The van der Waals surface area contributed by atoms with Gasteiger partial charge in [0, 0.05) is 43.0 Å². The minimum Gasteiger partial charge on any atom is -0.495 e. The fourth-order valence-corrected chi connectivity index (χ4v) is 3.72. The summed E-state index contributed by atoms with van der Waals surface area (Å²) in [7, 11) is 1.58. The lowest BCUT2D eigenvalue weighted by Gasteiger charge is -2.32. The van der Waals surface area contributed by atoms with Crippen molar-refractivity contribution in [2.75, 3.05) is 25.5 Å². The van der Waals surface area contributed by atoms with Crippen molar-refractivity contribution in [1.82, 2.24) is 14.5 Å². The minimum atomic E-state index is -0.112. The predicted molar refractivity (Wildman–Crippen MR) is 108 cm³/mol. The van der Waals surface area contributed by atoms with Gasteiger partial charge in [0.15, 0.2) is 0 Å². The summed E-state index contributed by atoms with van der Waals surface area (Å²) in [5.74, 6) is 2.70. The maximum absolute atomic E-state index is 12.6. The Bertz CT molecular complexity index is 782. The fourth-order valence-electron chi connectivity index (χ4n) is 3.54. The lowest BCUT2D eigenvalue weighted by atomic mass is 9.96. The molecule has 0 spiro atoms. The average molecular weight is 391 g/mol. The molecule has 0 atom stereocenters. The molecule has 2 aromatic rings. The zero-order valence-electron chi connectivity index (χ0n) is 16.1. The smallest absolute Gasteiger partial charge is 0.321 e. The molecule has 1 aromatic carbocycles. The molecule has 1 aliphatic heterocycles. The standard InChI is InChI=1S/C20H27ClN4O2/c1-14(2)19-22-8-11-25(19)13-15-6-9-24(10-7-15)20(26)23-17-12-16(21)4-5-18(17)27-3/h4-5,8,11-12,14-15H,6-7,9-10,13H2,1-3H3,(H,23,26). The Morgan fingerprint density at radius 1 is 1.37 bits per heavy atom. The normalized spacial score (nSPS) is 15.2. The van der Waals surface area contributed by atoms with Crippen molar-refractivity contribution in [2.45, 2.75) is 39.2 Å². The number of urea groups is 1. The lowest BCUT2D eigenvalue weighted by molar-refractivity contribution is 0.176. The molecule has 3 rings (SSSR count). The first-order valence-electron chi connectivity index (χ1n) is 9.38. The molecule has 2 amide bonds. The number of hydrogen-bond donors (Lipinski definition) is 1. The van der Waals surface area contributed by atoms with Crippen LogP contribution in [-0.4, -0.2) is 40.7 Å². The number of amides is 2. The van der Waals surface area contributed by atoms with Crippen molar-refractivity contribution < 1.29 is 9.53 Å². The van der Waals surface area contributed by atoms with Crippen LogP contribution in [0, 0.1) is 5.92 Å². The van der Waals surface area contributed by atoms with Crippen LogP contribution in [0.3, 0.4) is 0 Å². The highest BCUT2D eigenvalue weighted by molar-refractivity contribution is 6.31. The zero-order valence-corrected chi connectivity index (χ0v) is 16.9. The summed E-state index contributed by atoms with van der Waals surface area (Å²) in [5, 5.41) is 3.48. The Balaban J connectivity index is 1.55. The lowest BCUT2D eigenvalue weighted by Crippen LogP contribution is -2.41. The van der Waals surface area contributed by atoms with Gasteiger partial charge in [-0.1, -0.05) is 25.4 Å². The second-order valence-corrected chi connectivity index (χ2v) is 7.73. The van der Waals surface area contributed by atoms with Gasteiger partial charge in [-0.2, -0.15) is 0 Å². The largest absolute Gasteiger partial charge is 0.495 e. The third-order valence-electron chi connectivity index (χ3n) is 5.02. The summed E-state index contributed by atoms with van der Waals surface area (Å²) in [6.45, 7) is 6.77. The zero-order chi connectivity index (χ0) is 19.4. The number of carbonyl (C=O) groups excluding carboxylic acids is 1. The number of anilines is 1. The number of halogens is 1. The number of nitrogens with zero attached hydrogens (tertiary/aromatic N) is 3. The number of nitrogens with one attached hydrogen (secondary N) is 1. The summed E-state index contributed by atoms with van der Waals surface area (Å²) in [6.07, 6.45) is 5.89. The van der Waals surface area contributed by atoms with Crippen LogP contribution >= 0.6 is 11.6 Å². The summed E-state index contributed by atoms with van der Waals surface area (Å²) in [4.78, 5) is 18.9. The van der Waals surface area contributed by atoms with Crippen LogP contribution in [0.1, 0.15) is 38.4 Å². The van der Waals surface area contributed by atoms with Crippen LogP contribution in [-0.2, 0) is 6.54 Å². The van der Waals surface area contributed by atoms with Gasteiger partial charge >= 0.3 is 6.03 Å². The van der Waals surface area contributed by atoms with E-state index >= 15 is 0 Å². The van der Waals surface area contributed by atoms with E-state index in [0.29, 0.717) is 28.3 Å². The van der Waals surface area contributed by atoms with Gasteiger partial charge in [0.2, 0.25) is 0 Å². The van der Waals surface area contributed by atoms with Gasteiger partial charge in [0.05, 0.1) is 12.8 Å². The van der Waals surface area contributed by atoms with E-state index in [1.54, 1.807) is 25.3 Å². The first kappa shape index (κ1) is 19.5. The minimum absolute atomic E-state index is 0.112. The maximum Gasteiger partial charge on any atom is 0.321 e. The highest BCUT2D eigenvalue weighted by atomic mass is 35.5. The second-order valence-electron chi connectivity index (χ2n) is 7.30. The Morgan fingerprint density at radius 3 is 2.78 bits per heavy atom. The SMILES string of the molecule is COc1ccc(Cl)cc1NC(=O)N1CCC(Cn2ccnc2C(C)C)CC1. The molecule has 1 aliphatic rings. The van der Waals surface area contributed by atoms with Gasteiger partial charge in [-0.3, -0.25) is 0 Å². The molecule has 0 saturated carbocycles. The van der Waals surface area contributed by atoms with Gasteiger partial charge in [0.25, 0.3) is 0 Å². The maximum atomic E-state index is 12.6. The molecule has 0 bridgehead atoms. The van der Waals surface area contributed by atoms with E-state index in [9.17, 15) is 4.79 Å². The molecule has 27 heavy (non-hydrogen) atoms. The van der Waals surface area contributed by atoms with Crippen LogP contribution in [0.15, 0.2) is 30.6 Å². The van der Waals surface area contributed by atoms with Crippen LogP contribution < -0.4 is 10.1 Å². The van der Waals surface area contributed by atoms with Gasteiger partial charge < -0.3 is 19.5 Å². The second kappa shape index (κ2) is 8.65.